The van der Waals surface area contributed by atoms with Crippen LogP contribution in [0.15, 0.2) is 48.8 Å². The Labute approximate surface area is 158 Å². The van der Waals surface area contributed by atoms with Crippen LogP contribution in [0.1, 0.15) is 15.9 Å². The molecule has 1 amide bonds. The highest BCUT2D eigenvalue weighted by atomic mass is 16.5. The molecule has 4 rings (SSSR count). The van der Waals surface area contributed by atoms with Crippen LogP contribution < -0.4 is 10.1 Å². The number of amides is 1. The molecule has 6 heteroatoms. The molecule has 1 aromatic heterocycles. The lowest BCUT2D eigenvalue weighted by atomic mass is 10.0. The number of benzene rings is 2. The monoisotopic (exact) mass is 362 g/mol. The molecule has 1 aliphatic heterocycles. The lowest BCUT2D eigenvalue weighted by Gasteiger charge is -2.09. The van der Waals surface area contributed by atoms with Crippen molar-refractivity contribution < 1.29 is 9.53 Å². The van der Waals surface area contributed by atoms with E-state index in [9.17, 15) is 4.79 Å². The summed E-state index contributed by atoms with van der Waals surface area (Å²) in [6.45, 7) is 3.71. The summed E-state index contributed by atoms with van der Waals surface area (Å²) in [4.78, 5) is 14.8. The van der Waals surface area contributed by atoms with Crippen LogP contribution in [0.2, 0.25) is 0 Å². The summed E-state index contributed by atoms with van der Waals surface area (Å²) in [6, 6.07) is 11.4. The van der Waals surface area contributed by atoms with Crippen LogP contribution in [-0.2, 0) is 6.54 Å². The minimum absolute atomic E-state index is 0.170. The number of hydrogen-bond donors (Lipinski definition) is 1. The van der Waals surface area contributed by atoms with E-state index in [1.165, 1.54) is 0 Å². The standard InChI is InChI=1S/C21H22N4O2/c1-14-4-6-20-18(10-14)23-21(26)17-11-15(5-7-19(17)27-20)16-12-22-25(13-16)9-8-24(2)3/h4-7,10-13H,8-9H2,1-3H3,(H,23,26). The minimum atomic E-state index is -0.170. The topological polar surface area (TPSA) is 59.4 Å². The summed E-state index contributed by atoms with van der Waals surface area (Å²) >= 11 is 0. The summed E-state index contributed by atoms with van der Waals surface area (Å²) in [5.41, 5.74) is 4.18. The van der Waals surface area contributed by atoms with Crippen LogP contribution in [0.4, 0.5) is 5.69 Å². The highest BCUT2D eigenvalue weighted by molar-refractivity contribution is 6.08. The van der Waals surface area contributed by atoms with Gasteiger partial charge in [0.25, 0.3) is 5.91 Å². The van der Waals surface area contributed by atoms with Crippen LogP contribution in [0.5, 0.6) is 11.5 Å². The molecule has 0 spiro atoms. The highest BCUT2D eigenvalue weighted by Crippen LogP contribution is 2.37. The number of ether oxygens (including phenoxy) is 1. The quantitative estimate of drug-likeness (QED) is 0.767. The SMILES string of the molecule is Cc1ccc2c(c1)NC(=O)c1cc(-c3cnn(CCN(C)C)c3)ccc1O2. The molecule has 1 N–H and O–H groups in total. The van der Waals surface area contributed by atoms with E-state index in [1.54, 1.807) is 0 Å². The summed E-state index contributed by atoms with van der Waals surface area (Å²) in [5.74, 6) is 1.03. The molecule has 0 atom stereocenters. The van der Waals surface area contributed by atoms with Gasteiger partial charge in [0.1, 0.15) is 5.75 Å². The Kier molecular flexibility index (Phi) is 4.41. The van der Waals surface area contributed by atoms with Crippen LogP contribution in [0.3, 0.4) is 0 Å². The molecular formula is C21H22N4O2. The van der Waals surface area contributed by atoms with Gasteiger partial charge < -0.3 is 15.0 Å². The Morgan fingerprint density at radius 3 is 2.74 bits per heavy atom. The fourth-order valence-corrected chi connectivity index (χ4v) is 3.05. The van der Waals surface area contributed by atoms with E-state index >= 15 is 0 Å². The number of carbonyl (C=O) groups excluding carboxylic acids is 1. The van der Waals surface area contributed by atoms with Gasteiger partial charge in [0.05, 0.1) is 24.0 Å². The maximum Gasteiger partial charge on any atom is 0.259 e. The lowest BCUT2D eigenvalue weighted by Crippen LogP contribution is -2.18. The first-order valence-corrected chi connectivity index (χ1v) is 8.91. The number of nitrogens with one attached hydrogen (secondary N) is 1. The van der Waals surface area contributed by atoms with Crippen molar-refractivity contribution in [3.8, 4) is 22.6 Å². The maximum absolute atomic E-state index is 12.7. The fourth-order valence-electron chi connectivity index (χ4n) is 3.05. The van der Waals surface area contributed by atoms with E-state index in [0.717, 1.165) is 29.8 Å². The van der Waals surface area contributed by atoms with Crippen LogP contribution in [-0.4, -0.2) is 41.2 Å². The molecule has 3 aromatic rings. The van der Waals surface area contributed by atoms with Gasteiger partial charge in [-0.1, -0.05) is 12.1 Å². The Morgan fingerprint density at radius 1 is 1.11 bits per heavy atom. The fraction of sp³-hybridized carbons (Fsp3) is 0.238. The van der Waals surface area contributed by atoms with Gasteiger partial charge in [0.2, 0.25) is 0 Å². The number of carbonyl (C=O) groups is 1. The minimum Gasteiger partial charge on any atom is -0.454 e. The van der Waals surface area contributed by atoms with Gasteiger partial charge in [-0.25, -0.2) is 0 Å². The zero-order valence-corrected chi connectivity index (χ0v) is 15.7. The van der Waals surface area contributed by atoms with E-state index in [2.05, 4.69) is 15.3 Å². The second-order valence-corrected chi connectivity index (χ2v) is 7.06. The summed E-state index contributed by atoms with van der Waals surface area (Å²) in [7, 11) is 4.07. The predicted molar refractivity (Wildman–Crippen MR) is 105 cm³/mol. The van der Waals surface area contributed by atoms with Crippen LogP contribution in [0.25, 0.3) is 11.1 Å². The number of likely N-dealkylation sites (N-methyl/N-ethyl adjacent to an activating group) is 1. The largest absolute Gasteiger partial charge is 0.454 e. The van der Waals surface area contributed by atoms with Crippen molar-refractivity contribution >= 4 is 11.6 Å². The second kappa shape index (κ2) is 6.89. The number of rotatable bonds is 4. The normalized spacial score (nSPS) is 12.8. The molecule has 0 unspecified atom stereocenters. The van der Waals surface area contributed by atoms with Crippen LogP contribution in [0, 0.1) is 6.92 Å². The molecule has 0 saturated carbocycles. The molecule has 0 saturated heterocycles. The Hall–Kier alpha value is -3.12. The summed E-state index contributed by atoms with van der Waals surface area (Å²) in [6.07, 6.45) is 3.82. The molecule has 2 heterocycles. The van der Waals surface area contributed by atoms with Crippen LogP contribution >= 0.6 is 0 Å². The van der Waals surface area contributed by atoms with E-state index < -0.39 is 0 Å². The third kappa shape index (κ3) is 3.57. The molecule has 6 nitrogen and oxygen atoms in total. The van der Waals surface area contributed by atoms with E-state index in [1.807, 2.05) is 74.5 Å². The number of nitrogens with zero attached hydrogens (tertiary/aromatic N) is 3. The predicted octanol–water partition coefficient (Wildman–Crippen LogP) is 3.78. The van der Waals surface area contributed by atoms with E-state index in [4.69, 9.17) is 4.74 Å². The number of fused-ring (bicyclic) bond motifs is 2. The molecular weight excluding hydrogens is 340 g/mol. The Bertz CT molecular complexity index is 1010. The van der Waals surface area contributed by atoms with Gasteiger partial charge in [0.15, 0.2) is 5.75 Å². The molecule has 2 aromatic carbocycles. The van der Waals surface area contributed by atoms with Crippen molar-refractivity contribution in [3.05, 3.63) is 59.9 Å². The zero-order chi connectivity index (χ0) is 19.0. The second-order valence-electron chi connectivity index (χ2n) is 7.06. The van der Waals surface area contributed by atoms with Crippen molar-refractivity contribution in [1.82, 2.24) is 14.7 Å². The van der Waals surface area contributed by atoms with E-state index in [0.29, 0.717) is 22.7 Å². The molecule has 0 radical (unpaired) electrons. The molecule has 27 heavy (non-hydrogen) atoms. The molecule has 0 bridgehead atoms. The van der Waals surface area contributed by atoms with Crippen molar-refractivity contribution in [1.29, 1.82) is 0 Å². The third-order valence-corrected chi connectivity index (χ3v) is 4.57. The van der Waals surface area contributed by atoms with E-state index in [-0.39, 0.29) is 5.91 Å². The highest BCUT2D eigenvalue weighted by Gasteiger charge is 2.21. The first kappa shape index (κ1) is 17.3. The van der Waals surface area contributed by atoms with Gasteiger partial charge in [0, 0.05) is 18.3 Å². The lowest BCUT2D eigenvalue weighted by molar-refractivity contribution is 0.102. The molecule has 138 valence electrons. The number of aryl methyl sites for hydroxylation is 1. The molecule has 0 aliphatic carbocycles. The van der Waals surface area contributed by atoms with Gasteiger partial charge in [-0.3, -0.25) is 9.48 Å². The Morgan fingerprint density at radius 2 is 1.93 bits per heavy atom. The first-order chi connectivity index (χ1) is 13.0. The average molecular weight is 362 g/mol. The van der Waals surface area contributed by atoms with Crippen molar-refractivity contribution in [2.24, 2.45) is 0 Å². The van der Waals surface area contributed by atoms with Gasteiger partial charge in [-0.05, 0) is 56.4 Å². The summed E-state index contributed by atoms with van der Waals surface area (Å²) in [5, 5.41) is 7.36. The smallest absolute Gasteiger partial charge is 0.259 e. The number of hydrogen-bond acceptors (Lipinski definition) is 4. The van der Waals surface area contributed by atoms with Crippen molar-refractivity contribution in [2.75, 3.05) is 26.0 Å². The number of aromatic nitrogens is 2. The van der Waals surface area contributed by atoms with Gasteiger partial charge in [-0.15, -0.1) is 0 Å². The zero-order valence-electron chi connectivity index (χ0n) is 15.7. The average Bonchev–Trinajstić information content (AvgIpc) is 3.06. The van der Waals surface area contributed by atoms with Crippen molar-refractivity contribution in [3.63, 3.8) is 0 Å². The third-order valence-electron chi connectivity index (χ3n) is 4.57. The molecule has 0 fully saturated rings. The Balaban J connectivity index is 1.64. The van der Waals surface area contributed by atoms with Gasteiger partial charge >= 0.3 is 0 Å². The number of anilines is 1. The molecule has 1 aliphatic rings. The summed E-state index contributed by atoms with van der Waals surface area (Å²) < 4.78 is 7.89. The van der Waals surface area contributed by atoms with Gasteiger partial charge in [-0.2, -0.15) is 5.10 Å². The maximum atomic E-state index is 12.7. The van der Waals surface area contributed by atoms with Crippen molar-refractivity contribution in [2.45, 2.75) is 13.5 Å². The first-order valence-electron chi connectivity index (χ1n) is 8.91.